The number of fused-ring (bicyclic) bond motifs is 4. The number of carbonyl (C=O) groups excluding carboxylic acids is 4. The topological polar surface area (TPSA) is 145 Å². The Bertz CT molecular complexity index is 1120. The van der Waals surface area contributed by atoms with Crippen LogP contribution in [0.1, 0.15) is 24.3 Å². The van der Waals surface area contributed by atoms with Crippen molar-refractivity contribution >= 4 is 39.6 Å². The maximum absolute atomic E-state index is 12.9. The first-order chi connectivity index (χ1) is 15.2. The van der Waals surface area contributed by atoms with E-state index in [0.29, 0.717) is 15.6 Å². The van der Waals surface area contributed by atoms with Crippen LogP contribution in [0.3, 0.4) is 0 Å². The molecule has 6 atom stereocenters. The number of rotatable bonds is 2. The normalized spacial score (nSPS) is 33.8. The summed E-state index contributed by atoms with van der Waals surface area (Å²) in [4.78, 5) is 50.6. The molecular weight excluding hydrogens is 488 g/mol. The lowest BCUT2D eigenvalue weighted by Crippen LogP contribution is -2.43. The first kappa shape index (κ1) is 21.1. The van der Waals surface area contributed by atoms with Crippen molar-refractivity contribution in [3.05, 3.63) is 33.8 Å². The van der Waals surface area contributed by atoms with E-state index in [2.05, 4.69) is 15.9 Å². The number of hydrogen-bond donors (Lipinski definition) is 3. The third-order valence-corrected chi connectivity index (χ3v) is 7.84. The number of carbonyl (C=O) groups is 4. The van der Waals surface area contributed by atoms with E-state index in [1.165, 1.54) is 7.11 Å². The summed E-state index contributed by atoms with van der Waals surface area (Å²) >= 11 is 3.27. The minimum absolute atomic E-state index is 0.0963. The van der Waals surface area contributed by atoms with Crippen LogP contribution in [-0.2, 0) is 19.2 Å². The van der Waals surface area contributed by atoms with Gasteiger partial charge < -0.3 is 9.84 Å². The number of hydroxylamine groups is 4. The summed E-state index contributed by atoms with van der Waals surface area (Å²) in [6, 6.07) is 3.15. The Kier molecular flexibility index (Phi) is 4.70. The van der Waals surface area contributed by atoms with Gasteiger partial charge in [-0.3, -0.25) is 29.6 Å². The molecule has 3 N–H and O–H groups in total. The Labute approximate surface area is 190 Å². The summed E-state index contributed by atoms with van der Waals surface area (Å²) in [5, 5.41) is 30.5. The Morgan fingerprint density at radius 2 is 1.56 bits per heavy atom. The first-order valence-corrected chi connectivity index (χ1v) is 10.9. The molecule has 0 spiro atoms. The Morgan fingerprint density at radius 1 is 0.938 bits per heavy atom. The van der Waals surface area contributed by atoms with Crippen molar-refractivity contribution in [1.82, 2.24) is 10.1 Å². The van der Waals surface area contributed by atoms with Gasteiger partial charge in [0.25, 0.3) is 23.6 Å². The summed E-state index contributed by atoms with van der Waals surface area (Å²) < 4.78 is 5.55. The number of allylic oxidation sites excluding steroid dienone is 2. The monoisotopic (exact) mass is 506 g/mol. The van der Waals surface area contributed by atoms with Gasteiger partial charge in [0, 0.05) is 5.92 Å². The van der Waals surface area contributed by atoms with E-state index in [1.54, 1.807) is 18.2 Å². The van der Waals surface area contributed by atoms with Gasteiger partial charge in [-0.1, -0.05) is 11.6 Å². The number of phenols is 1. The molecule has 2 aliphatic heterocycles. The van der Waals surface area contributed by atoms with Crippen molar-refractivity contribution in [2.45, 2.75) is 18.8 Å². The van der Waals surface area contributed by atoms with E-state index in [1.807, 2.05) is 0 Å². The predicted octanol–water partition coefficient (Wildman–Crippen LogP) is 1.58. The highest BCUT2D eigenvalue weighted by molar-refractivity contribution is 9.10. The lowest BCUT2D eigenvalue weighted by Gasteiger charge is -2.43. The van der Waals surface area contributed by atoms with Gasteiger partial charge in [-0.2, -0.15) is 10.1 Å². The minimum Gasteiger partial charge on any atom is -0.503 e. The van der Waals surface area contributed by atoms with Crippen LogP contribution in [0.2, 0.25) is 0 Å². The predicted molar refractivity (Wildman–Crippen MR) is 107 cm³/mol. The zero-order valence-corrected chi connectivity index (χ0v) is 18.4. The lowest BCUT2D eigenvalue weighted by atomic mass is 9.57. The molecule has 3 fully saturated rings. The minimum atomic E-state index is -0.912. The number of ether oxygens (including phenoxy) is 1. The van der Waals surface area contributed by atoms with Gasteiger partial charge in [-0.25, -0.2) is 0 Å². The summed E-state index contributed by atoms with van der Waals surface area (Å²) in [5.74, 6) is -7.57. The third kappa shape index (κ3) is 2.64. The molecule has 1 aromatic rings. The van der Waals surface area contributed by atoms with Crippen molar-refractivity contribution in [3.63, 3.8) is 0 Å². The standard InChI is InChI=1S/C21H19BrN2O8/c1-32-13-5-7(4-12(22)17(13)25)14-8-2-3-9-15(20(28)23(30)18(9)26)10(8)6-11-16(14)21(29)24(31)19(11)27/h2,4-5,9-11,14-16,25,30-31H,3,6H2,1H3. The fraction of sp³-hybridized carbons (Fsp3) is 0.429. The number of nitrogens with zero attached hydrogens (tertiary/aromatic N) is 2. The molecule has 2 aliphatic carbocycles. The van der Waals surface area contributed by atoms with Crippen molar-refractivity contribution in [1.29, 1.82) is 0 Å². The van der Waals surface area contributed by atoms with Gasteiger partial charge in [0.05, 0.1) is 35.3 Å². The molecule has 0 aromatic heterocycles. The van der Waals surface area contributed by atoms with E-state index in [-0.39, 0.29) is 34.5 Å². The summed E-state index contributed by atoms with van der Waals surface area (Å²) in [6.45, 7) is 0. The highest BCUT2D eigenvalue weighted by Crippen LogP contribution is 2.58. The zero-order chi connectivity index (χ0) is 23.1. The molecule has 0 bridgehead atoms. The number of hydrogen-bond acceptors (Lipinski definition) is 8. The number of imide groups is 2. The van der Waals surface area contributed by atoms with Gasteiger partial charge >= 0.3 is 0 Å². The molecule has 5 rings (SSSR count). The molecular formula is C21H19BrN2O8. The van der Waals surface area contributed by atoms with Gasteiger partial charge in [-0.05, 0) is 52.4 Å². The second-order valence-electron chi connectivity index (χ2n) is 8.55. The first-order valence-electron chi connectivity index (χ1n) is 10.1. The maximum atomic E-state index is 12.9. The van der Waals surface area contributed by atoms with E-state index < -0.39 is 59.1 Å². The molecule has 2 heterocycles. The fourth-order valence-electron chi connectivity index (χ4n) is 5.86. The molecule has 10 nitrogen and oxygen atoms in total. The quantitative estimate of drug-likeness (QED) is 0.311. The Morgan fingerprint density at radius 3 is 2.22 bits per heavy atom. The molecule has 0 radical (unpaired) electrons. The average Bonchev–Trinajstić information content (AvgIpc) is 3.14. The molecule has 6 unspecified atom stereocenters. The summed E-state index contributed by atoms with van der Waals surface area (Å²) in [6.07, 6.45) is 2.09. The van der Waals surface area contributed by atoms with E-state index in [0.717, 1.165) is 0 Å². The van der Waals surface area contributed by atoms with Crippen molar-refractivity contribution in [2.75, 3.05) is 7.11 Å². The SMILES string of the molecule is COc1cc(C2C3=CCC4C(=O)N(O)C(=O)C4C3CC3C(=O)N(O)C(=O)C32)cc(Br)c1O. The van der Waals surface area contributed by atoms with Gasteiger partial charge in [0.1, 0.15) is 0 Å². The van der Waals surface area contributed by atoms with E-state index >= 15 is 0 Å². The molecule has 1 aromatic carbocycles. The molecule has 4 amide bonds. The fourth-order valence-corrected chi connectivity index (χ4v) is 6.32. The Hall–Kier alpha value is -2.76. The largest absolute Gasteiger partial charge is 0.503 e. The van der Waals surface area contributed by atoms with E-state index in [4.69, 9.17) is 4.74 Å². The highest BCUT2D eigenvalue weighted by Gasteiger charge is 2.62. The zero-order valence-electron chi connectivity index (χ0n) is 16.8. The number of benzene rings is 1. The van der Waals surface area contributed by atoms with Crippen LogP contribution in [0, 0.1) is 29.6 Å². The molecule has 32 heavy (non-hydrogen) atoms. The molecule has 2 saturated heterocycles. The smallest absolute Gasteiger partial charge is 0.258 e. The second-order valence-corrected chi connectivity index (χ2v) is 9.41. The number of amides is 4. The van der Waals surface area contributed by atoms with Crippen molar-refractivity contribution in [2.24, 2.45) is 29.6 Å². The number of phenolic OH excluding ortho intramolecular Hbond substituents is 1. The number of aromatic hydroxyl groups is 1. The number of methoxy groups -OCH3 is 1. The molecule has 11 heteroatoms. The summed E-state index contributed by atoms with van der Waals surface area (Å²) in [5.41, 5.74) is 1.24. The van der Waals surface area contributed by atoms with Crippen LogP contribution >= 0.6 is 15.9 Å². The van der Waals surface area contributed by atoms with Crippen molar-refractivity contribution in [3.8, 4) is 11.5 Å². The van der Waals surface area contributed by atoms with Crippen molar-refractivity contribution < 1.29 is 39.4 Å². The van der Waals surface area contributed by atoms with Crippen LogP contribution in [0.25, 0.3) is 0 Å². The Balaban J connectivity index is 1.69. The molecule has 4 aliphatic rings. The third-order valence-electron chi connectivity index (χ3n) is 7.23. The number of halogens is 1. The van der Waals surface area contributed by atoms with Gasteiger partial charge in [0.15, 0.2) is 11.5 Å². The molecule has 1 saturated carbocycles. The van der Waals surface area contributed by atoms with E-state index in [9.17, 15) is 34.7 Å². The van der Waals surface area contributed by atoms with Crippen LogP contribution < -0.4 is 4.74 Å². The second kappa shape index (κ2) is 7.12. The van der Waals surface area contributed by atoms with Crippen LogP contribution in [0.5, 0.6) is 11.5 Å². The van der Waals surface area contributed by atoms with Crippen LogP contribution in [0.4, 0.5) is 0 Å². The molecule has 168 valence electrons. The average molecular weight is 507 g/mol. The lowest BCUT2D eigenvalue weighted by molar-refractivity contribution is -0.174. The van der Waals surface area contributed by atoms with Crippen LogP contribution in [-0.4, -0.2) is 56.4 Å². The van der Waals surface area contributed by atoms with Gasteiger partial charge in [0.2, 0.25) is 0 Å². The summed E-state index contributed by atoms with van der Waals surface area (Å²) in [7, 11) is 1.38. The maximum Gasteiger partial charge on any atom is 0.258 e. The highest BCUT2D eigenvalue weighted by atomic mass is 79.9. The van der Waals surface area contributed by atoms with Gasteiger partial charge in [-0.15, -0.1) is 0 Å². The van der Waals surface area contributed by atoms with Crippen LogP contribution in [0.15, 0.2) is 28.3 Å².